The molecule has 6 heteroatoms. The lowest BCUT2D eigenvalue weighted by Crippen LogP contribution is -2.06. The number of hydrogen-bond donors (Lipinski definition) is 2. The van der Waals surface area contributed by atoms with Crippen LogP contribution >= 0.6 is 11.6 Å². The van der Waals surface area contributed by atoms with Crippen LogP contribution in [-0.2, 0) is 0 Å². The number of H-pyrrole nitrogens is 1. The average Bonchev–Trinajstić information content (AvgIpc) is 1.96. The van der Waals surface area contributed by atoms with Crippen LogP contribution in [0.4, 0.5) is 8.78 Å². The Kier molecular flexibility index (Phi) is 2.32. The summed E-state index contributed by atoms with van der Waals surface area (Å²) in [6.45, 7) is 0. The minimum absolute atomic E-state index is 0.451. The fourth-order valence-electron chi connectivity index (χ4n) is 0.671. The van der Waals surface area contributed by atoms with Crippen LogP contribution in [0.5, 0.6) is 5.75 Å². The van der Waals surface area contributed by atoms with Gasteiger partial charge in [-0.15, -0.1) is 0 Å². The quantitative estimate of drug-likeness (QED) is 0.670. The second-order valence-corrected chi connectivity index (χ2v) is 2.43. The van der Waals surface area contributed by atoms with Crippen molar-refractivity contribution >= 4 is 11.6 Å². The highest BCUT2D eigenvalue weighted by molar-refractivity contribution is 6.30. The van der Waals surface area contributed by atoms with E-state index in [1.165, 1.54) is 0 Å². The molecule has 0 fully saturated rings. The van der Waals surface area contributed by atoms with Crippen molar-refractivity contribution in [1.82, 2.24) is 4.98 Å². The minimum Gasteiger partial charge on any atom is -0.503 e. The van der Waals surface area contributed by atoms with Crippen LogP contribution in [0.1, 0.15) is 12.0 Å². The SMILES string of the molecule is O=c1[nH]c(Cl)c(C(F)F)cc1O. The summed E-state index contributed by atoms with van der Waals surface area (Å²) in [6.07, 6.45) is -2.82. The third kappa shape index (κ3) is 1.55. The topological polar surface area (TPSA) is 53.1 Å². The maximum atomic E-state index is 12.0. The molecule has 0 spiro atoms. The molecule has 0 atom stereocenters. The summed E-state index contributed by atoms with van der Waals surface area (Å²) >= 11 is 5.25. The predicted octanol–water partition coefficient (Wildman–Crippen LogP) is 1.67. The van der Waals surface area contributed by atoms with Gasteiger partial charge < -0.3 is 10.1 Å². The number of rotatable bonds is 1. The van der Waals surface area contributed by atoms with Crippen molar-refractivity contribution in [2.45, 2.75) is 6.43 Å². The van der Waals surface area contributed by atoms with E-state index in [1.54, 1.807) is 0 Å². The van der Waals surface area contributed by atoms with Gasteiger partial charge in [-0.2, -0.15) is 0 Å². The Labute approximate surface area is 70.6 Å². The van der Waals surface area contributed by atoms with Crippen LogP contribution in [0, 0.1) is 0 Å². The van der Waals surface area contributed by atoms with Crippen molar-refractivity contribution in [3.63, 3.8) is 0 Å². The second-order valence-electron chi connectivity index (χ2n) is 2.05. The van der Waals surface area contributed by atoms with Gasteiger partial charge in [-0.25, -0.2) is 8.78 Å². The Morgan fingerprint density at radius 1 is 1.58 bits per heavy atom. The lowest BCUT2D eigenvalue weighted by molar-refractivity contribution is 0.150. The lowest BCUT2D eigenvalue weighted by Gasteiger charge is -2.01. The summed E-state index contributed by atoms with van der Waals surface area (Å²) in [7, 11) is 0. The minimum atomic E-state index is -2.82. The maximum Gasteiger partial charge on any atom is 0.291 e. The van der Waals surface area contributed by atoms with E-state index in [9.17, 15) is 13.6 Å². The van der Waals surface area contributed by atoms with Gasteiger partial charge in [-0.3, -0.25) is 4.79 Å². The lowest BCUT2D eigenvalue weighted by atomic mass is 10.3. The fourth-order valence-corrected chi connectivity index (χ4v) is 0.894. The Hall–Kier alpha value is -1.10. The number of aromatic hydroxyl groups is 1. The normalized spacial score (nSPS) is 10.7. The standard InChI is InChI=1S/C6H4ClF2NO2/c7-4-2(5(8)9)1-3(11)6(12)10-4/h1,5,11H,(H,10,12). The zero-order chi connectivity index (χ0) is 9.30. The van der Waals surface area contributed by atoms with Crippen LogP contribution in [-0.4, -0.2) is 10.1 Å². The number of alkyl halides is 2. The van der Waals surface area contributed by atoms with E-state index in [0.717, 1.165) is 0 Å². The molecule has 3 nitrogen and oxygen atoms in total. The van der Waals surface area contributed by atoms with E-state index in [-0.39, 0.29) is 0 Å². The highest BCUT2D eigenvalue weighted by Gasteiger charge is 2.14. The summed E-state index contributed by atoms with van der Waals surface area (Å²) in [4.78, 5) is 12.4. The first-order valence-corrected chi connectivity index (χ1v) is 3.30. The van der Waals surface area contributed by atoms with Crippen LogP contribution in [0.3, 0.4) is 0 Å². The van der Waals surface area contributed by atoms with Crippen molar-refractivity contribution in [2.24, 2.45) is 0 Å². The van der Waals surface area contributed by atoms with Gasteiger partial charge in [0.15, 0.2) is 5.75 Å². The molecule has 0 amide bonds. The maximum absolute atomic E-state index is 12.0. The van der Waals surface area contributed by atoms with E-state index in [2.05, 4.69) is 0 Å². The number of nitrogens with one attached hydrogen (secondary N) is 1. The number of pyridine rings is 1. The van der Waals surface area contributed by atoms with Gasteiger partial charge in [0.1, 0.15) is 5.15 Å². The van der Waals surface area contributed by atoms with E-state index in [4.69, 9.17) is 16.7 Å². The van der Waals surface area contributed by atoms with Crippen LogP contribution in [0.2, 0.25) is 5.15 Å². The molecule has 0 saturated heterocycles. The van der Waals surface area contributed by atoms with Gasteiger partial charge in [-0.05, 0) is 6.07 Å². The molecule has 0 unspecified atom stereocenters. The van der Waals surface area contributed by atoms with E-state index in [0.29, 0.717) is 6.07 Å². The molecule has 66 valence electrons. The molecule has 1 aromatic heterocycles. The summed E-state index contributed by atoms with van der Waals surface area (Å²) < 4.78 is 24.0. The van der Waals surface area contributed by atoms with E-state index >= 15 is 0 Å². The van der Waals surface area contributed by atoms with E-state index in [1.807, 2.05) is 4.98 Å². The number of halogens is 3. The molecule has 0 aliphatic heterocycles. The van der Waals surface area contributed by atoms with Gasteiger partial charge in [0.2, 0.25) is 0 Å². The molecule has 12 heavy (non-hydrogen) atoms. The molecule has 0 aromatic carbocycles. The fraction of sp³-hybridized carbons (Fsp3) is 0.167. The first-order valence-electron chi connectivity index (χ1n) is 2.92. The zero-order valence-corrected chi connectivity index (χ0v) is 6.40. The average molecular weight is 196 g/mol. The van der Waals surface area contributed by atoms with Crippen LogP contribution in [0.25, 0.3) is 0 Å². The first-order chi connectivity index (χ1) is 5.52. The molecule has 1 rings (SSSR count). The summed E-state index contributed by atoms with van der Waals surface area (Å²) in [5.74, 6) is -0.769. The summed E-state index contributed by atoms with van der Waals surface area (Å²) in [5.41, 5.74) is -1.47. The van der Waals surface area contributed by atoms with Crippen molar-refractivity contribution in [3.05, 3.63) is 27.1 Å². The Balaban J connectivity index is 3.33. The highest BCUT2D eigenvalue weighted by atomic mass is 35.5. The number of aromatic nitrogens is 1. The second kappa shape index (κ2) is 3.10. The van der Waals surface area contributed by atoms with Gasteiger partial charge in [0, 0.05) is 0 Å². The Morgan fingerprint density at radius 3 is 2.67 bits per heavy atom. The summed E-state index contributed by atoms with van der Waals surface area (Å²) in [6, 6.07) is 0.645. The highest BCUT2D eigenvalue weighted by Crippen LogP contribution is 2.25. The third-order valence-electron chi connectivity index (χ3n) is 1.24. The van der Waals surface area contributed by atoms with Gasteiger partial charge in [0.05, 0.1) is 5.56 Å². The molecule has 2 N–H and O–H groups in total. The van der Waals surface area contributed by atoms with Gasteiger partial charge in [0.25, 0.3) is 12.0 Å². The van der Waals surface area contributed by atoms with Crippen LogP contribution < -0.4 is 5.56 Å². The predicted molar refractivity (Wildman–Crippen MR) is 38.7 cm³/mol. The first kappa shape index (κ1) is 8.99. The summed E-state index contributed by atoms with van der Waals surface area (Å²) in [5, 5.41) is 8.29. The van der Waals surface area contributed by atoms with Crippen molar-refractivity contribution in [2.75, 3.05) is 0 Å². The number of hydrogen-bond acceptors (Lipinski definition) is 2. The Bertz CT molecular complexity index is 350. The van der Waals surface area contributed by atoms with Gasteiger partial charge in [-0.1, -0.05) is 11.6 Å². The zero-order valence-electron chi connectivity index (χ0n) is 5.64. The van der Waals surface area contributed by atoms with E-state index < -0.39 is 28.5 Å². The smallest absolute Gasteiger partial charge is 0.291 e. The third-order valence-corrected chi connectivity index (χ3v) is 1.55. The van der Waals surface area contributed by atoms with Crippen LogP contribution in [0.15, 0.2) is 10.9 Å². The molecule has 0 aliphatic carbocycles. The molecule has 0 saturated carbocycles. The molecule has 1 aromatic rings. The molecular weight excluding hydrogens is 192 g/mol. The molecular formula is C6H4ClF2NO2. The molecule has 0 radical (unpaired) electrons. The monoisotopic (exact) mass is 195 g/mol. The molecule has 1 heterocycles. The van der Waals surface area contributed by atoms with Crippen molar-refractivity contribution in [3.8, 4) is 5.75 Å². The Morgan fingerprint density at radius 2 is 2.17 bits per heavy atom. The van der Waals surface area contributed by atoms with Gasteiger partial charge >= 0.3 is 0 Å². The number of aromatic amines is 1. The van der Waals surface area contributed by atoms with Crippen molar-refractivity contribution < 1.29 is 13.9 Å². The molecule has 0 aliphatic rings. The van der Waals surface area contributed by atoms with Crippen molar-refractivity contribution in [1.29, 1.82) is 0 Å². The molecule has 0 bridgehead atoms. The largest absolute Gasteiger partial charge is 0.503 e.